The normalized spacial score (nSPS) is 17.7. The minimum atomic E-state index is -0.188. The van der Waals surface area contributed by atoms with Crippen molar-refractivity contribution in [1.29, 1.82) is 0 Å². The lowest BCUT2D eigenvalue weighted by Gasteiger charge is -2.27. The third-order valence-electron chi connectivity index (χ3n) is 5.86. The molecule has 2 aromatic rings. The average Bonchev–Trinajstić information content (AvgIpc) is 2.87. The molecule has 0 saturated carbocycles. The van der Waals surface area contributed by atoms with Gasteiger partial charge in [0.2, 0.25) is 11.8 Å². The Morgan fingerprint density at radius 2 is 1.94 bits per heavy atom. The summed E-state index contributed by atoms with van der Waals surface area (Å²) in [6, 6.07) is 13.4. The van der Waals surface area contributed by atoms with Crippen molar-refractivity contribution in [2.24, 2.45) is 5.92 Å². The van der Waals surface area contributed by atoms with E-state index in [-0.39, 0.29) is 30.1 Å². The topological polar surface area (TPSA) is 82.6 Å². The van der Waals surface area contributed by atoms with Crippen LogP contribution in [0.2, 0.25) is 0 Å². The first-order valence-corrected chi connectivity index (χ1v) is 11.4. The summed E-state index contributed by atoms with van der Waals surface area (Å²) in [6.07, 6.45) is 5.41. The molecule has 1 N–H and O–H groups in total. The summed E-state index contributed by atoms with van der Waals surface area (Å²) in [5.41, 5.74) is 1.61. The monoisotopic (exact) mass is 436 g/mol. The Hall–Kier alpha value is -3.22. The number of carbonyl (C=O) groups is 3. The molecule has 0 bridgehead atoms. The van der Waals surface area contributed by atoms with E-state index in [2.05, 4.69) is 10.3 Å². The highest BCUT2D eigenvalue weighted by Crippen LogP contribution is 2.19. The molecule has 1 saturated heterocycles. The van der Waals surface area contributed by atoms with Crippen LogP contribution >= 0.6 is 0 Å². The van der Waals surface area contributed by atoms with Crippen LogP contribution in [-0.2, 0) is 16.1 Å². The van der Waals surface area contributed by atoms with Crippen molar-refractivity contribution in [3.8, 4) is 0 Å². The highest BCUT2D eigenvalue weighted by molar-refractivity contribution is 5.94. The van der Waals surface area contributed by atoms with Gasteiger partial charge in [-0.15, -0.1) is 0 Å². The fourth-order valence-corrected chi connectivity index (χ4v) is 4.02. The van der Waals surface area contributed by atoms with Crippen molar-refractivity contribution in [3.63, 3.8) is 0 Å². The highest BCUT2D eigenvalue weighted by Gasteiger charge is 2.25. The molecule has 3 rings (SSSR count). The Labute approximate surface area is 189 Å². The number of nitrogens with one attached hydrogen (secondary N) is 1. The van der Waals surface area contributed by atoms with Gasteiger partial charge in [0.25, 0.3) is 5.91 Å². The van der Waals surface area contributed by atoms with Gasteiger partial charge in [0.15, 0.2) is 0 Å². The molecule has 1 aromatic carbocycles. The Kier molecular flexibility index (Phi) is 8.78. The zero-order valence-corrected chi connectivity index (χ0v) is 18.7. The second kappa shape index (κ2) is 12.0. The van der Waals surface area contributed by atoms with Crippen molar-refractivity contribution >= 4 is 17.7 Å². The molecule has 0 radical (unpaired) electrons. The first-order chi connectivity index (χ1) is 15.6. The smallest absolute Gasteiger partial charge is 0.255 e. The summed E-state index contributed by atoms with van der Waals surface area (Å²) < 4.78 is 0. The van der Waals surface area contributed by atoms with Gasteiger partial charge < -0.3 is 15.1 Å². The molecular weight excluding hydrogens is 404 g/mol. The molecule has 7 heteroatoms. The van der Waals surface area contributed by atoms with Gasteiger partial charge in [0.1, 0.15) is 0 Å². The van der Waals surface area contributed by atoms with Gasteiger partial charge >= 0.3 is 0 Å². The van der Waals surface area contributed by atoms with Crippen LogP contribution in [0.1, 0.15) is 48.5 Å². The summed E-state index contributed by atoms with van der Waals surface area (Å²) in [5, 5.41) is 2.91. The fourth-order valence-electron chi connectivity index (χ4n) is 4.02. The fraction of sp³-hybridized carbons (Fsp3) is 0.440. The quantitative estimate of drug-likeness (QED) is 0.781. The van der Waals surface area contributed by atoms with Crippen LogP contribution in [0.3, 0.4) is 0 Å². The van der Waals surface area contributed by atoms with E-state index in [1.54, 1.807) is 29.4 Å². The number of rotatable bonds is 5. The lowest BCUT2D eigenvalue weighted by atomic mass is 9.97. The molecule has 32 heavy (non-hydrogen) atoms. The van der Waals surface area contributed by atoms with Crippen LogP contribution in [0.5, 0.6) is 0 Å². The van der Waals surface area contributed by atoms with E-state index in [4.69, 9.17) is 0 Å². The van der Waals surface area contributed by atoms with E-state index >= 15 is 0 Å². The van der Waals surface area contributed by atoms with Gasteiger partial charge in [-0.1, -0.05) is 30.3 Å². The minimum absolute atomic E-state index is 0.0984. The zero-order valence-electron chi connectivity index (χ0n) is 18.7. The van der Waals surface area contributed by atoms with E-state index < -0.39 is 0 Å². The summed E-state index contributed by atoms with van der Waals surface area (Å²) in [5.74, 6) is -0.312. The minimum Gasteiger partial charge on any atom is -0.356 e. The third kappa shape index (κ3) is 6.64. The van der Waals surface area contributed by atoms with Crippen molar-refractivity contribution in [2.75, 3.05) is 26.2 Å². The van der Waals surface area contributed by atoms with Crippen molar-refractivity contribution < 1.29 is 14.4 Å². The Balaban J connectivity index is 1.68. The Morgan fingerprint density at radius 3 is 2.66 bits per heavy atom. The summed E-state index contributed by atoms with van der Waals surface area (Å²) in [4.78, 5) is 46.1. The molecule has 7 nitrogen and oxygen atoms in total. The maximum Gasteiger partial charge on any atom is 0.255 e. The number of hydrogen-bond donors (Lipinski definition) is 1. The van der Waals surface area contributed by atoms with Gasteiger partial charge in [-0.05, 0) is 43.9 Å². The summed E-state index contributed by atoms with van der Waals surface area (Å²) in [6.45, 7) is 4.52. The first kappa shape index (κ1) is 23.4. The molecular formula is C25H32N4O3. The largest absolute Gasteiger partial charge is 0.356 e. The number of hydrogen-bond acceptors (Lipinski definition) is 4. The lowest BCUT2D eigenvalue weighted by Crippen LogP contribution is -2.37. The van der Waals surface area contributed by atoms with Crippen LogP contribution in [0.4, 0.5) is 0 Å². The molecule has 1 aliphatic rings. The summed E-state index contributed by atoms with van der Waals surface area (Å²) in [7, 11) is 0. The lowest BCUT2D eigenvalue weighted by molar-refractivity contribution is -0.136. The zero-order chi connectivity index (χ0) is 22.8. The SMILES string of the molecule is CCN(Cc1ccccc1)C(=O)C1CCCN(C(=O)c2cccnc2)CCC(=O)NCC1. The number of pyridine rings is 1. The second-order valence-electron chi connectivity index (χ2n) is 8.10. The molecule has 2 heterocycles. The first-order valence-electron chi connectivity index (χ1n) is 11.4. The van der Waals surface area contributed by atoms with Crippen LogP contribution < -0.4 is 5.32 Å². The van der Waals surface area contributed by atoms with E-state index in [1.165, 1.54) is 0 Å². The van der Waals surface area contributed by atoms with E-state index in [0.717, 1.165) is 5.56 Å². The molecule has 0 spiro atoms. The average molecular weight is 437 g/mol. The van der Waals surface area contributed by atoms with Gasteiger partial charge in [-0.3, -0.25) is 19.4 Å². The van der Waals surface area contributed by atoms with E-state index in [0.29, 0.717) is 57.5 Å². The standard InChI is InChI=1S/C25H32N4O3/c1-2-28(19-20-8-4-3-5-9-20)24(31)21-11-7-16-29(17-13-23(30)27-15-12-21)25(32)22-10-6-14-26-18-22/h3-6,8-10,14,18,21H,2,7,11-13,15-17,19H2,1H3,(H,27,30). The van der Waals surface area contributed by atoms with Crippen LogP contribution in [0, 0.1) is 5.92 Å². The van der Waals surface area contributed by atoms with Gasteiger partial charge in [0.05, 0.1) is 5.56 Å². The molecule has 1 aromatic heterocycles. The molecule has 1 atom stereocenters. The Morgan fingerprint density at radius 1 is 1.12 bits per heavy atom. The molecule has 1 fully saturated rings. The molecule has 0 aliphatic carbocycles. The third-order valence-corrected chi connectivity index (χ3v) is 5.86. The second-order valence-corrected chi connectivity index (χ2v) is 8.10. The highest BCUT2D eigenvalue weighted by atomic mass is 16.2. The number of carbonyl (C=O) groups excluding carboxylic acids is 3. The molecule has 1 unspecified atom stereocenters. The predicted molar refractivity (Wildman–Crippen MR) is 123 cm³/mol. The van der Waals surface area contributed by atoms with Crippen LogP contribution in [0.15, 0.2) is 54.9 Å². The van der Waals surface area contributed by atoms with Gasteiger partial charge in [0, 0.05) is 57.5 Å². The van der Waals surface area contributed by atoms with Crippen molar-refractivity contribution in [2.45, 2.75) is 39.2 Å². The summed E-state index contributed by atoms with van der Waals surface area (Å²) >= 11 is 0. The van der Waals surface area contributed by atoms with E-state index in [9.17, 15) is 14.4 Å². The predicted octanol–water partition coefficient (Wildman–Crippen LogP) is 2.88. The van der Waals surface area contributed by atoms with Crippen LogP contribution in [-0.4, -0.2) is 58.7 Å². The van der Waals surface area contributed by atoms with Gasteiger partial charge in [-0.25, -0.2) is 0 Å². The number of amides is 3. The number of nitrogens with zero attached hydrogens (tertiary/aromatic N) is 3. The number of benzene rings is 1. The maximum absolute atomic E-state index is 13.3. The molecule has 1 aliphatic heterocycles. The van der Waals surface area contributed by atoms with Gasteiger partial charge in [-0.2, -0.15) is 0 Å². The Bertz CT molecular complexity index is 889. The van der Waals surface area contributed by atoms with E-state index in [1.807, 2.05) is 42.2 Å². The molecule has 3 amide bonds. The molecule has 170 valence electrons. The van der Waals surface area contributed by atoms with Crippen molar-refractivity contribution in [1.82, 2.24) is 20.1 Å². The van der Waals surface area contributed by atoms with Crippen molar-refractivity contribution in [3.05, 3.63) is 66.0 Å². The van der Waals surface area contributed by atoms with Crippen LogP contribution in [0.25, 0.3) is 0 Å². The maximum atomic E-state index is 13.3. The number of aromatic nitrogens is 1.